The number of carbonyl (C=O) groups excluding carboxylic acids is 1. The molecule has 0 spiro atoms. The molecule has 2 unspecified atom stereocenters. The molecule has 3 rings (SSSR count). The molecule has 1 amide bonds. The number of nitrogens with one attached hydrogen (secondary N) is 1. The van der Waals surface area contributed by atoms with E-state index in [1.807, 2.05) is 12.1 Å². The van der Waals surface area contributed by atoms with Gasteiger partial charge in [0.1, 0.15) is 0 Å². The molecule has 2 fully saturated rings. The molecule has 3 atom stereocenters. The number of amides is 1. The number of hydrogen-bond acceptors (Lipinski definition) is 1. The van der Waals surface area contributed by atoms with Gasteiger partial charge in [0, 0.05) is 10.4 Å². The molecule has 0 bridgehead atoms. The number of hydrogen-bond donors (Lipinski definition) is 1. The van der Waals surface area contributed by atoms with Crippen molar-refractivity contribution in [2.75, 3.05) is 0 Å². The minimum Gasteiger partial charge on any atom is -0.349 e. The summed E-state index contributed by atoms with van der Waals surface area (Å²) in [6.45, 7) is 2.05. The van der Waals surface area contributed by atoms with Gasteiger partial charge in [0.25, 0.3) is 0 Å². The van der Waals surface area contributed by atoms with Gasteiger partial charge in [-0.2, -0.15) is 0 Å². The molecule has 18 heavy (non-hydrogen) atoms. The average Bonchev–Trinajstić information content (AvgIpc) is 2.96. The Morgan fingerprint density at radius 2 is 2.06 bits per heavy atom. The van der Waals surface area contributed by atoms with Crippen LogP contribution in [0.2, 0.25) is 0 Å². The van der Waals surface area contributed by atoms with E-state index >= 15 is 0 Å². The third-order valence-corrected chi connectivity index (χ3v) is 4.82. The normalized spacial score (nSPS) is 30.7. The van der Waals surface area contributed by atoms with E-state index in [0.717, 1.165) is 34.7 Å². The highest BCUT2D eigenvalue weighted by Gasteiger charge is 2.48. The number of halogens is 1. The second-order valence-corrected chi connectivity index (χ2v) is 6.63. The van der Waals surface area contributed by atoms with Gasteiger partial charge in [-0.3, -0.25) is 4.79 Å². The van der Waals surface area contributed by atoms with Crippen molar-refractivity contribution in [3.05, 3.63) is 34.3 Å². The lowest BCUT2D eigenvalue weighted by Gasteiger charge is -2.18. The lowest BCUT2D eigenvalue weighted by molar-refractivity contribution is -0.125. The van der Waals surface area contributed by atoms with Crippen LogP contribution in [0.15, 0.2) is 28.7 Å². The van der Waals surface area contributed by atoms with Crippen molar-refractivity contribution < 1.29 is 4.79 Å². The Morgan fingerprint density at radius 1 is 1.33 bits per heavy atom. The summed E-state index contributed by atoms with van der Waals surface area (Å²) in [5.41, 5.74) is 1.15. The van der Waals surface area contributed by atoms with E-state index in [9.17, 15) is 4.79 Å². The molecule has 3 heteroatoms. The van der Waals surface area contributed by atoms with Crippen molar-refractivity contribution in [2.45, 2.75) is 32.2 Å². The van der Waals surface area contributed by atoms with Crippen LogP contribution in [0.3, 0.4) is 0 Å². The summed E-state index contributed by atoms with van der Waals surface area (Å²) in [7, 11) is 0. The molecule has 0 aromatic heterocycles. The van der Waals surface area contributed by atoms with Crippen molar-refractivity contribution in [2.24, 2.45) is 17.8 Å². The number of rotatable bonds is 3. The Labute approximate surface area is 116 Å². The third kappa shape index (κ3) is 2.46. The first kappa shape index (κ1) is 12.2. The van der Waals surface area contributed by atoms with Crippen LogP contribution in [0, 0.1) is 17.8 Å². The van der Waals surface area contributed by atoms with Crippen LogP contribution in [0.5, 0.6) is 0 Å². The molecule has 2 nitrogen and oxygen atoms in total. The van der Waals surface area contributed by atoms with E-state index in [2.05, 4.69) is 40.3 Å². The molecule has 0 saturated heterocycles. The average molecular weight is 308 g/mol. The standard InChI is InChI=1S/C15H18BrNO/c1-9(10-3-2-4-14(16)8-10)17-15(18)13-6-11-5-12(11)7-13/h2-4,8-9,11-13H,5-7H2,1H3,(H,17,18)/t9-,11?,12?,13?/m0/s1. The predicted molar refractivity (Wildman–Crippen MR) is 75.0 cm³/mol. The molecule has 2 saturated carbocycles. The Morgan fingerprint density at radius 3 is 2.72 bits per heavy atom. The van der Waals surface area contributed by atoms with Crippen molar-refractivity contribution in [1.29, 1.82) is 0 Å². The zero-order valence-electron chi connectivity index (χ0n) is 10.5. The summed E-state index contributed by atoms with van der Waals surface area (Å²) in [5.74, 6) is 2.24. The summed E-state index contributed by atoms with van der Waals surface area (Å²) in [4.78, 5) is 12.2. The fourth-order valence-corrected chi connectivity index (χ4v) is 3.54. The van der Waals surface area contributed by atoms with Crippen LogP contribution in [-0.4, -0.2) is 5.91 Å². The number of benzene rings is 1. The first-order valence-electron chi connectivity index (χ1n) is 6.69. The molecule has 96 valence electrons. The Hall–Kier alpha value is -0.830. The van der Waals surface area contributed by atoms with Gasteiger partial charge in [-0.25, -0.2) is 0 Å². The summed E-state index contributed by atoms with van der Waals surface area (Å²) in [6, 6.07) is 8.22. The lowest BCUT2D eigenvalue weighted by Crippen LogP contribution is -2.32. The van der Waals surface area contributed by atoms with Crippen molar-refractivity contribution >= 4 is 21.8 Å². The van der Waals surface area contributed by atoms with E-state index in [4.69, 9.17) is 0 Å². The molecule has 0 aliphatic heterocycles. The molecule has 1 aromatic carbocycles. The highest BCUT2D eigenvalue weighted by atomic mass is 79.9. The topological polar surface area (TPSA) is 29.1 Å². The SMILES string of the molecule is C[C@H](NC(=O)C1CC2CC2C1)c1cccc(Br)c1. The lowest BCUT2D eigenvalue weighted by atomic mass is 10.0. The second-order valence-electron chi connectivity index (χ2n) is 5.71. The van der Waals surface area contributed by atoms with E-state index < -0.39 is 0 Å². The van der Waals surface area contributed by atoms with Gasteiger partial charge in [-0.15, -0.1) is 0 Å². The molecule has 2 aliphatic carbocycles. The highest BCUT2D eigenvalue weighted by Crippen LogP contribution is 2.54. The van der Waals surface area contributed by atoms with Crippen molar-refractivity contribution in [3.63, 3.8) is 0 Å². The summed E-state index contributed by atoms with van der Waals surface area (Å²) in [5, 5.41) is 3.15. The number of carbonyl (C=O) groups is 1. The minimum atomic E-state index is 0.0897. The van der Waals surface area contributed by atoms with Crippen LogP contribution in [-0.2, 0) is 4.79 Å². The molecule has 1 N–H and O–H groups in total. The van der Waals surface area contributed by atoms with Gasteiger partial charge >= 0.3 is 0 Å². The van der Waals surface area contributed by atoms with Gasteiger partial charge in [-0.05, 0) is 55.7 Å². The van der Waals surface area contributed by atoms with E-state index in [-0.39, 0.29) is 17.9 Å². The van der Waals surface area contributed by atoms with E-state index in [1.165, 1.54) is 6.42 Å². The zero-order valence-corrected chi connectivity index (χ0v) is 12.1. The maximum Gasteiger partial charge on any atom is 0.223 e. The summed E-state index contributed by atoms with van der Waals surface area (Å²) in [6.07, 6.45) is 3.59. The predicted octanol–water partition coefficient (Wildman–Crippen LogP) is 3.67. The van der Waals surface area contributed by atoms with E-state index in [0.29, 0.717) is 0 Å². The van der Waals surface area contributed by atoms with Gasteiger partial charge in [0.2, 0.25) is 5.91 Å². The van der Waals surface area contributed by atoms with Crippen LogP contribution in [0.1, 0.15) is 37.8 Å². The molecule has 2 aliphatic rings. The minimum absolute atomic E-state index is 0.0897. The maximum atomic E-state index is 12.2. The fourth-order valence-electron chi connectivity index (χ4n) is 3.12. The Balaban J connectivity index is 1.60. The Kier molecular flexibility index (Phi) is 3.18. The van der Waals surface area contributed by atoms with Gasteiger partial charge in [0.15, 0.2) is 0 Å². The molecule has 0 heterocycles. The largest absolute Gasteiger partial charge is 0.349 e. The van der Waals surface area contributed by atoms with Crippen molar-refractivity contribution in [3.8, 4) is 0 Å². The third-order valence-electron chi connectivity index (χ3n) is 4.32. The Bertz CT molecular complexity index is 463. The molecular weight excluding hydrogens is 290 g/mol. The first-order chi connectivity index (χ1) is 8.63. The molecule has 1 aromatic rings. The first-order valence-corrected chi connectivity index (χ1v) is 7.48. The fraction of sp³-hybridized carbons (Fsp3) is 0.533. The van der Waals surface area contributed by atoms with Crippen LogP contribution >= 0.6 is 15.9 Å². The van der Waals surface area contributed by atoms with Crippen LogP contribution < -0.4 is 5.32 Å². The summed E-state index contributed by atoms with van der Waals surface area (Å²) < 4.78 is 1.06. The van der Waals surface area contributed by atoms with Crippen LogP contribution in [0.25, 0.3) is 0 Å². The van der Waals surface area contributed by atoms with Crippen LogP contribution in [0.4, 0.5) is 0 Å². The maximum absolute atomic E-state index is 12.2. The van der Waals surface area contributed by atoms with Gasteiger partial charge < -0.3 is 5.32 Å². The smallest absolute Gasteiger partial charge is 0.223 e. The monoisotopic (exact) mass is 307 g/mol. The van der Waals surface area contributed by atoms with Crippen molar-refractivity contribution in [1.82, 2.24) is 5.32 Å². The van der Waals surface area contributed by atoms with E-state index in [1.54, 1.807) is 0 Å². The molecule has 0 radical (unpaired) electrons. The molecular formula is C15H18BrNO. The summed E-state index contributed by atoms with van der Waals surface area (Å²) >= 11 is 3.46. The van der Waals surface area contributed by atoms with Gasteiger partial charge in [0.05, 0.1) is 6.04 Å². The number of fused-ring (bicyclic) bond motifs is 1. The van der Waals surface area contributed by atoms with Gasteiger partial charge in [-0.1, -0.05) is 28.1 Å². The zero-order chi connectivity index (χ0) is 12.7. The second kappa shape index (κ2) is 4.69. The quantitative estimate of drug-likeness (QED) is 0.907. The highest BCUT2D eigenvalue weighted by molar-refractivity contribution is 9.10.